The monoisotopic (exact) mass is 367 g/mol. The molecule has 0 saturated heterocycles. The minimum absolute atomic E-state index is 0.0642. The first-order valence-electron chi connectivity index (χ1n) is 8.51. The number of nitrogens with zero attached hydrogens (tertiary/aromatic N) is 2. The molecule has 8 nitrogen and oxygen atoms in total. The lowest BCUT2D eigenvalue weighted by Gasteiger charge is -2.11. The number of nitrogens with one attached hydrogen (secondary N) is 3. The Morgan fingerprint density at radius 3 is 2.89 bits per heavy atom. The van der Waals surface area contributed by atoms with Gasteiger partial charge in [-0.05, 0) is 42.8 Å². The van der Waals surface area contributed by atoms with Crippen molar-refractivity contribution in [2.24, 2.45) is 5.10 Å². The van der Waals surface area contributed by atoms with Gasteiger partial charge in [0.15, 0.2) is 18.1 Å². The van der Waals surface area contributed by atoms with E-state index in [-0.39, 0.29) is 12.5 Å². The third-order valence-electron chi connectivity index (χ3n) is 3.69. The minimum atomic E-state index is -0.180. The van der Waals surface area contributed by atoms with Gasteiger partial charge in [-0.25, -0.2) is 10.4 Å². The third-order valence-corrected chi connectivity index (χ3v) is 3.69. The van der Waals surface area contributed by atoms with Crippen molar-refractivity contribution in [2.75, 3.05) is 25.7 Å². The number of fused-ring (bicyclic) bond motifs is 1. The van der Waals surface area contributed by atoms with Gasteiger partial charge in [0, 0.05) is 6.54 Å². The van der Waals surface area contributed by atoms with Gasteiger partial charge in [0.25, 0.3) is 5.91 Å². The number of hydrogen-bond donors (Lipinski definition) is 3. The zero-order valence-electron chi connectivity index (χ0n) is 15.2. The van der Waals surface area contributed by atoms with E-state index in [1.165, 1.54) is 0 Å². The van der Waals surface area contributed by atoms with Crippen molar-refractivity contribution in [1.82, 2.24) is 15.3 Å². The number of amides is 1. The first kappa shape index (κ1) is 18.2. The Kier molecular flexibility index (Phi) is 5.88. The number of likely N-dealkylation sites (N-methyl/N-ethyl adjacent to an activating group) is 1. The van der Waals surface area contributed by atoms with Crippen LogP contribution >= 0.6 is 0 Å². The number of methoxy groups -OCH3 is 1. The molecule has 8 heteroatoms. The summed E-state index contributed by atoms with van der Waals surface area (Å²) in [5.74, 6) is 1.39. The highest BCUT2D eigenvalue weighted by atomic mass is 16.5. The van der Waals surface area contributed by atoms with Gasteiger partial charge in [-0.2, -0.15) is 5.10 Å². The van der Waals surface area contributed by atoms with Crippen molar-refractivity contribution in [1.29, 1.82) is 0 Å². The maximum Gasteiger partial charge on any atom is 0.257 e. The van der Waals surface area contributed by atoms with Gasteiger partial charge in [-0.3, -0.25) is 4.79 Å². The number of aromatic amines is 1. The quantitative estimate of drug-likeness (QED) is 0.420. The van der Waals surface area contributed by atoms with Gasteiger partial charge >= 0.3 is 0 Å². The zero-order chi connectivity index (χ0) is 19.1. The Balaban J connectivity index is 1.64. The summed E-state index contributed by atoms with van der Waals surface area (Å²) in [6.07, 6.45) is 1.64. The highest BCUT2D eigenvalue weighted by Gasteiger charge is 2.08. The summed E-state index contributed by atoms with van der Waals surface area (Å²) in [5.41, 5.74) is 5.47. The summed E-state index contributed by atoms with van der Waals surface area (Å²) in [6.45, 7) is 2.35. The summed E-state index contributed by atoms with van der Waals surface area (Å²) >= 11 is 0. The van der Waals surface area contributed by atoms with Crippen molar-refractivity contribution >= 4 is 29.1 Å². The molecule has 3 aromatic rings. The molecule has 0 aliphatic heterocycles. The van der Waals surface area contributed by atoms with Crippen LogP contribution in [0.4, 0.5) is 5.95 Å². The molecule has 0 unspecified atom stereocenters. The maximum absolute atomic E-state index is 11.5. The van der Waals surface area contributed by atoms with Gasteiger partial charge < -0.3 is 19.8 Å². The first-order chi connectivity index (χ1) is 13.2. The molecule has 1 amide bonds. The van der Waals surface area contributed by atoms with Gasteiger partial charge in [0.05, 0.1) is 24.4 Å². The summed E-state index contributed by atoms with van der Waals surface area (Å²) < 4.78 is 10.8. The number of carbonyl (C=O) groups excluding carboxylic acids is 1. The number of aromatic nitrogens is 2. The molecule has 3 N–H and O–H groups in total. The SMILES string of the molecule is CCNC(=O)COc1ccc(/C=N/Nc2nc3ccccc3[nH]2)cc1OC. The number of rotatable bonds is 8. The van der Waals surface area contributed by atoms with Crippen molar-refractivity contribution < 1.29 is 14.3 Å². The van der Waals surface area contributed by atoms with E-state index >= 15 is 0 Å². The largest absolute Gasteiger partial charge is 0.493 e. The van der Waals surface area contributed by atoms with Crippen LogP contribution in [-0.2, 0) is 4.79 Å². The second-order valence-corrected chi connectivity index (χ2v) is 5.63. The van der Waals surface area contributed by atoms with Crippen LogP contribution in [0.1, 0.15) is 12.5 Å². The van der Waals surface area contributed by atoms with Crippen LogP contribution in [-0.4, -0.2) is 42.4 Å². The smallest absolute Gasteiger partial charge is 0.257 e. The number of ether oxygens (including phenoxy) is 2. The molecule has 0 atom stereocenters. The van der Waals surface area contributed by atoms with Gasteiger partial charge in [-0.1, -0.05) is 12.1 Å². The van der Waals surface area contributed by atoms with Crippen LogP contribution in [0.15, 0.2) is 47.6 Å². The molecule has 0 aliphatic rings. The third kappa shape index (κ3) is 4.75. The van der Waals surface area contributed by atoms with Crippen LogP contribution in [0.3, 0.4) is 0 Å². The molecule has 140 valence electrons. The number of para-hydroxylation sites is 2. The number of carbonyl (C=O) groups is 1. The fourth-order valence-corrected chi connectivity index (χ4v) is 2.45. The predicted octanol–water partition coefficient (Wildman–Crippen LogP) is 2.53. The topological polar surface area (TPSA) is 101 Å². The molecular formula is C19H21N5O3. The number of benzene rings is 2. The van der Waals surface area contributed by atoms with E-state index in [4.69, 9.17) is 9.47 Å². The standard InChI is InChI=1S/C19H21N5O3/c1-3-20-18(25)12-27-16-9-8-13(10-17(16)26-2)11-21-24-19-22-14-6-4-5-7-15(14)23-19/h4-11H,3,12H2,1-2H3,(H,20,25)(H2,22,23,24)/b21-11+. The molecule has 1 heterocycles. The molecule has 0 bridgehead atoms. The second kappa shape index (κ2) is 8.70. The molecule has 3 rings (SSSR count). The average Bonchev–Trinajstić information content (AvgIpc) is 3.09. The Morgan fingerprint density at radius 1 is 1.26 bits per heavy atom. The van der Waals surface area contributed by atoms with E-state index in [1.807, 2.05) is 37.3 Å². The highest BCUT2D eigenvalue weighted by Crippen LogP contribution is 2.27. The second-order valence-electron chi connectivity index (χ2n) is 5.63. The van der Waals surface area contributed by atoms with E-state index < -0.39 is 0 Å². The maximum atomic E-state index is 11.5. The molecule has 0 saturated carbocycles. The Bertz CT molecular complexity index is 918. The summed E-state index contributed by atoms with van der Waals surface area (Å²) in [4.78, 5) is 19.0. The molecule has 0 radical (unpaired) electrons. The predicted molar refractivity (Wildman–Crippen MR) is 104 cm³/mol. The molecule has 27 heavy (non-hydrogen) atoms. The van der Waals surface area contributed by atoms with Crippen molar-refractivity contribution in [3.63, 3.8) is 0 Å². The Hall–Kier alpha value is -3.55. The number of imidazole rings is 1. The molecule has 2 aromatic carbocycles. The fraction of sp³-hybridized carbons (Fsp3) is 0.211. The van der Waals surface area contributed by atoms with E-state index in [0.717, 1.165) is 16.6 Å². The lowest BCUT2D eigenvalue weighted by molar-refractivity contribution is -0.123. The summed E-state index contributed by atoms with van der Waals surface area (Å²) in [7, 11) is 1.54. The van der Waals surface area contributed by atoms with Crippen LogP contribution < -0.4 is 20.2 Å². The van der Waals surface area contributed by atoms with Crippen molar-refractivity contribution in [3.8, 4) is 11.5 Å². The van der Waals surface area contributed by atoms with Crippen LogP contribution in [0.25, 0.3) is 11.0 Å². The van der Waals surface area contributed by atoms with E-state index in [1.54, 1.807) is 25.5 Å². The molecule has 1 aromatic heterocycles. The minimum Gasteiger partial charge on any atom is -0.493 e. The Morgan fingerprint density at radius 2 is 2.11 bits per heavy atom. The highest BCUT2D eigenvalue weighted by molar-refractivity contribution is 5.82. The zero-order valence-corrected chi connectivity index (χ0v) is 15.2. The van der Waals surface area contributed by atoms with Gasteiger partial charge in [0.1, 0.15) is 0 Å². The van der Waals surface area contributed by atoms with E-state index in [2.05, 4.69) is 25.8 Å². The van der Waals surface area contributed by atoms with Crippen LogP contribution in [0.5, 0.6) is 11.5 Å². The van der Waals surface area contributed by atoms with Crippen molar-refractivity contribution in [2.45, 2.75) is 6.92 Å². The van der Waals surface area contributed by atoms with Crippen LogP contribution in [0.2, 0.25) is 0 Å². The van der Waals surface area contributed by atoms with Crippen LogP contribution in [0, 0.1) is 0 Å². The number of anilines is 1. The Labute approximate surface area is 156 Å². The average molecular weight is 367 g/mol. The molecular weight excluding hydrogens is 346 g/mol. The number of hydrogen-bond acceptors (Lipinski definition) is 6. The lowest BCUT2D eigenvalue weighted by atomic mass is 10.2. The summed E-state index contributed by atoms with van der Waals surface area (Å²) in [5, 5.41) is 6.86. The number of H-pyrrole nitrogens is 1. The lowest BCUT2D eigenvalue weighted by Crippen LogP contribution is -2.28. The molecule has 0 aliphatic carbocycles. The fourth-order valence-electron chi connectivity index (χ4n) is 2.45. The van der Waals surface area contributed by atoms with E-state index in [0.29, 0.717) is 24.0 Å². The molecule has 0 fully saturated rings. The molecule has 0 spiro atoms. The van der Waals surface area contributed by atoms with Gasteiger partial charge in [-0.15, -0.1) is 0 Å². The van der Waals surface area contributed by atoms with Gasteiger partial charge in [0.2, 0.25) is 5.95 Å². The van der Waals surface area contributed by atoms with Crippen molar-refractivity contribution in [3.05, 3.63) is 48.0 Å². The summed E-state index contributed by atoms with van der Waals surface area (Å²) in [6, 6.07) is 13.1. The van der Waals surface area contributed by atoms with E-state index in [9.17, 15) is 4.79 Å². The normalized spacial score (nSPS) is 10.9. The first-order valence-corrected chi connectivity index (χ1v) is 8.51. The number of hydrazone groups is 1.